The highest BCUT2D eigenvalue weighted by Gasteiger charge is 2.30. The number of piperidine rings is 1. The zero-order valence-electron chi connectivity index (χ0n) is 12.1. The molecule has 1 aliphatic rings. The van der Waals surface area contributed by atoms with Gasteiger partial charge < -0.3 is 4.42 Å². The highest BCUT2D eigenvalue weighted by molar-refractivity contribution is 4.92. The fourth-order valence-corrected chi connectivity index (χ4v) is 2.98. The number of nitrogens with zero attached hydrogens (tertiary/aromatic N) is 5. The number of hydrogen-bond donors (Lipinski definition) is 0. The molecule has 0 radical (unpaired) electrons. The highest BCUT2D eigenvalue weighted by Crippen LogP contribution is 2.28. The minimum Gasteiger partial charge on any atom is -0.424 e. The van der Waals surface area contributed by atoms with Gasteiger partial charge in [-0.1, -0.05) is 6.42 Å². The van der Waals surface area contributed by atoms with Crippen molar-refractivity contribution in [2.75, 3.05) is 6.54 Å². The molecular weight excluding hydrogens is 254 g/mol. The molecule has 0 amide bonds. The van der Waals surface area contributed by atoms with E-state index < -0.39 is 0 Å². The quantitative estimate of drug-likeness (QED) is 0.856. The predicted octanol–water partition coefficient (Wildman–Crippen LogP) is 2.19. The SMILES string of the molecule is Cc1nnc([C@H](C)N2CCCC[C@@H]2Cn2cccn2)o1. The highest BCUT2D eigenvalue weighted by atomic mass is 16.4. The molecule has 0 unspecified atom stereocenters. The molecule has 6 heteroatoms. The monoisotopic (exact) mass is 275 g/mol. The van der Waals surface area contributed by atoms with Crippen LogP contribution in [-0.4, -0.2) is 37.5 Å². The summed E-state index contributed by atoms with van der Waals surface area (Å²) in [5.41, 5.74) is 0. The van der Waals surface area contributed by atoms with E-state index in [4.69, 9.17) is 4.42 Å². The summed E-state index contributed by atoms with van der Waals surface area (Å²) in [5, 5.41) is 12.4. The fraction of sp³-hybridized carbons (Fsp3) is 0.643. The number of aryl methyl sites for hydroxylation is 1. The Kier molecular flexibility index (Phi) is 3.82. The van der Waals surface area contributed by atoms with E-state index in [-0.39, 0.29) is 6.04 Å². The van der Waals surface area contributed by atoms with E-state index >= 15 is 0 Å². The van der Waals surface area contributed by atoms with Gasteiger partial charge in [-0.25, -0.2) is 0 Å². The molecule has 2 aromatic heterocycles. The van der Waals surface area contributed by atoms with Crippen LogP contribution in [0, 0.1) is 6.92 Å². The lowest BCUT2D eigenvalue weighted by atomic mass is 10.00. The van der Waals surface area contributed by atoms with Gasteiger partial charge in [0.2, 0.25) is 11.8 Å². The van der Waals surface area contributed by atoms with Crippen LogP contribution in [0.25, 0.3) is 0 Å². The van der Waals surface area contributed by atoms with Crippen LogP contribution in [0.1, 0.15) is 44.0 Å². The molecule has 3 rings (SSSR count). The van der Waals surface area contributed by atoms with Crippen LogP contribution in [0.2, 0.25) is 0 Å². The standard InChI is InChI=1S/C14H21N5O/c1-11(14-17-16-12(2)20-14)19-9-4-3-6-13(19)10-18-8-5-7-15-18/h5,7-8,11,13H,3-4,6,9-10H2,1-2H3/t11-,13+/m0/s1. The molecule has 1 aliphatic heterocycles. The van der Waals surface area contributed by atoms with Crippen molar-refractivity contribution in [1.82, 2.24) is 24.9 Å². The van der Waals surface area contributed by atoms with Crippen molar-refractivity contribution >= 4 is 0 Å². The lowest BCUT2D eigenvalue weighted by Crippen LogP contribution is -2.43. The minimum absolute atomic E-state index is 0.164. The molecule has 108 valence electrons. The van der Waals surface area contributed by atoms with Crippen molar-refractivity contribution in [3.8, 4) is 0 Å². The van der Waals surface area contributed by atoms with Gasteiger partial charge in [0.25, 0.3) is 0 Å². The summed E-state index contributed by atoms with van der Waals surface area (Å²) in [6, 6.07) is 2.61. The zero-order valence-corrected chi connectivity index (χ0v) is 12.1. The molecule has 20 heavy (non-hydrogen) atoms. The molecule has 1 saturated heterocycles. The van der Waals surface area contributed by atoms with Crippen LogP contribution < -0.4 is 0 Å². The van der Waals surface area contributed by atoms with Gasteiger partial charge in [0, 0.05) is 25.4 Å². The second kappa shape index (κ2) is 5.75. The normalized spacial score (nSPS) is 22.0. The van der Waals surface area contributed by atoms with Crippen molar-refractivity contribution in [2.45, 2.75) is 51.7 Å². The van der Waals surface area contributed by atoms with Crippen molar-refractivity contribution in [1.29, 1.82) is 0 Å². The molecule has 0 aromatic carbocycles. The summed E-state index contributed by atoms with van der Waals surface area (Å²) >= 11 is 0. The third kappa shape index (κ3) is 2.75. The minimum atomic E-state index is 0.164. The third-order valence-electron chi connectivity index (χ3n) is 4.03. The van der Waals surface area contributed by atoms with Gasteiger partial charge in [0.15, 0.2) is 0 Å². The molecule has 0 spiro atoms. The lowest BCUT2D eigenvalue weighted by Gasteiger charge is -2.38. The van der Waals surface area contributed by atoms with Gasteiger partial charge in [0.05, 0.1) is 12.6 Å². The Labute approximate surface area is 118 Å². The van der Waals surface area contributed by atoms with Crippen LogP contribution in [-0.2, 0) is 6.54 Å². The first-order valence-corrected chi connectivity index (χ1v) is 7.27. The third-order valence-corrected chi connectivity index (χ3v) is 4.03. The van der Waals surface area contributed by atoms with Crippen LogP contribution in [0.4, 0.5) is 0 Å². The van der Waals surface area contributed by atoms with Crippen molar-refractivity contribution in [3.63, 3.8) is 0 Å². The molecule has 3 heterocycles. The van der Waals surface area contributed by atoms with E-state index in [1.54, 1.807) is 0 Å². The Morgan fingerprint density at radius 1 is 1.40 bits per heavy atom. The van der Waals surface area contributed by atoms with Crippen LogP contribution >= 0.6 is 0 Å². The van der Waals surface area contributed by atoms with E-state index in [1.807, 2.05) is 30.1 Å². The summed E-state index contributed by atoms with van der Waals surface area (Å²) < 4.78 is 7.60. The first-order chi connectivity index (χ1) is 9.74. The summed E-state index contributed by atoms with van der Waals surface area (Å²) in [6.45, 7) is 5.98. The Morgan fingerprint density at radius 2 is 2.30 bits per heavy atom. The summed E-state index contributed by atoms with van der Waals surface area (Å²) in [7, 11) is 0. The second-order valence-corrected chi connectivity index (χ2v) is 5.45. The van der Waals surface area contributed by atoms with Gasteiger partial charge >= 0.3 is 0 Å². The average molecular weight is 275 g/mol. The van der Waals surface area contributed by atoms with Gasteiger partial charge in [-0.2, -0.15) is 5.10 Å². The van der Waals surface area contributed by atoms with E-state index in [0.717, 1.165) is 19.0 Å². The lowest BCUT2D eigenvalue weighted by molar-refractivity contribution is 0.0748. The van der Waals surface area contributed by atoms with Gasteiger partial charge in [-0.05, 0) is 32.4 Å². The fourth-order valence-electron chi connectivity index (χ4n) is 2.98. The Balaban J connectivity index is 1.74. The molecule has 2 atom stereocenters. The average Bonchev–Trinajstić information content (AvgIpc) is 3.10. The predicted molar refractivity (Wildman–Crippen MR) is 74.0 cm³/mol. The molecule has 2 aromatic rings. The topological polar surface area (TPSA) is 60.0 Å². The Morgan fingerprint density at radius 3 is 3.00 bits per heavy atom. The maximum Gasteiger partial charge on any atom is 0.233 e. The van der Waals surface area contributed by atoms with Crippen molar-refractivity contribution in [2.24, 2.45) is 0 Å². The molecule has 0 bridgehead atoms. The molecule has 0 saturated carbocycles. The van der Waals surface area contributed by atoms with Gasteiger partial charge in [0.1, 0.15) is 0 Å². The number of aromatic nitrogens is 4. The van der Waals surface area contributed by atoms with Crippen LogP contribution in [0.15, 0.2) is 22.9 Å². The van der Waals surface area contributed by atoms with E-state index in [0.29, 0.717) is 11.9 Å². The van der Waals surface area contributed by atoms with E-state index in [2.05, 4.69) is 27.1 Å². The van der Waals surface area contributed by atoms with E-state index in [1.165, 1.54) is 19.3 Å². The van der Waals surface area contributed by atoms with Crippen molar-refractivity contribution < 1.29 is 4.42 Å². The smallest absolute Gasteiger partial charge is 0.233 e. The second-order valence-electron chi connectivity index (χ2n) is 5.45. The molecule has 1 fully saturated rings. The summed E-state index contributed by atoms with van der Waals surface area (Å²) in [5.74, 6) is 1.35. The Hall–Kier alpha value is -1.69. The maximum absolute atomic E-state index is 5.60. The first-order valence-electron chi connectivity index (χ1n) is 7.27. The largest absolute Gasteiger partial charge is 0.424 e. The van der Waals surface area contributed by atoms with Crippen molar-refractivity contribution in [3.05, 3.63) is 30.2 Å². The van der Waals surface area contributed by atoms with Gasteiger partial charge in [-0.3, -0.25) is 9.58 Å². The Bertz CT molecular complexity index is 536. The molecule has 6 nitrogen and oxygen atoms in total. The first kappa shape index (κ1) is 13.3. The number of hydrogen-bond acceptors (Lipinski definition) is 5. The summed E-state index contributed by atoms with van der Waals surface area (Å²) in [6.07, 6.45) is 7.55. The van der Waals surface area contributed by atoms with Gasteiger partial charge in [-0.15, -0.1) is 10.2 Å². The number of rotatable bonds is 4. The molecule has 0 N–H and O–H groups in total. The van der Waals surface area contributed by atoms with Crippen LogP contribution in [0.5, 0.6) is 0 Å². The maximum atomic E-state index is 5.60. The van der Waals surface area contributed by atoms with Crippen LogP contribution in [0.3, 0.4) is 0 Å². The summed E-state index contributed by atoms with van der Waals surface area (Å²) in [4.78, 5) is 2.47. The number of likely N-dealkylation sites (tertiary alicyclic amines) is 1. The molecule has 0 aliphatic carbocycles. The zero-order chi connectivity index (χ0) is 13.9. The van der Waals surface area contributed by atoms with E-state index in [9.17, 15) is 0 Å². The molecular formula is C14H21N5O.